The summed E-state index contributed by atoms with van der Waals surface area (Å²) < 4.78 is 17.4. The van der Waals surface area contributed by atoms with Gasteiger partial charge in [0.15, 0.2) is 11.5 Å². The molecule has 0 amide bonds. The highest BCUT2D eigenvalue weighted by molar-refractivity contribution is 6.30. The number of para-hydroxylation sites is 2. The molecule has 0 aromatic heterocycles. The van der Waals surface area contributed by atoms with Gasteiger partial charge in [0.1, 0.15) is 18.0 Å². The van der Waals surface area contributed by atoms with Gasteiger partial charge in [-0.05, 0) is 43.3 Å². The Hall–Kier alpha value is -1.91. The minimum atomic E-state index is -0.182. The second kappa shape index (κ2) is 7.98. The molecule has 2 aromatic carbocycles. The molecule has 0 N–H and O–H groups in total. The summed E-state index contributed by atoms with van der Waals surface area (Å²) in [5, 5.41) is 0.721. The summed E-state index contributed by atoms with van der Waals surface area (Å²) in [6.07, 6.45) is 0.990. The first-order valence-corrected chi connectivity index (χ1v) is 8.88. The lowest BCUT2D eigenvalue weighted by molar-refractivity contribution is 0.0934. The van der Waals surface area contributed by atoms with Gasteiger partial charge in [0, 0.05) is 31.1 Å². The average Bonchev–Trinajstić information content (AvgIpc) is 2.98. The molecule has 25 heavy (non-hydrogen) atoms. The van der Waals surface area contributed by atoms with E-state index in [9.17, 15) is 0 Å². The molecule has 5 heteroatoms. The lowest BCUT2D eigenvalue weighted by Crippen LogP contribution is -2.37. The molecule has 0 aliphatic carbocycles. The van der Waals surface area contributed by atoms with Crippen molar-refractivity contribution in [2.24, 2.45) is 0 Å². The summed E-state index contributed by atoms with van der Waals surface area (Å²) in [4.78, 5) is 2.37. The molecule has 134 valence electrons. The van der Waals surface area contributed by atoms with Crippen LogP contribution in [-0.4, -0.2) is 43.9 Å². The summed E-state index contributed by atoms with van der Waals surface area (Å²) in [5.74, 6) is 2.41. The number of likely N-dealkylation sites (tertiary alicyclic amines) is 1. The van der Waals surface area contributed by atoms with Crippen LogP contribution < -0.4 is 14.2 Å². The molecule has 1 aliphatic heterocycles. The van der Waals surface area contributed by atoms with Crippen molar-refractivity contribution in [3.63, 3.8) is 0 Å². The van der Waals surface area contributed by atoms with E-state index in [2.05, 4.69) is 11.8 Å². The third-order valence-electron chi connectivity index (χ3n) is 4.43. The maximum absolute atomic E-state index is 6.19. The minimum Gasteiger partial charge on any atom is -0.493 e. The normalized spacial score (nSPS) is 20.4. The molecule has 0 spiro atoms. The summed E-state index contributed by atoms with van der Waals surface area (Å²) in [6.45, 7) is 5.52. The van der Waals surface area contributed by atoms with Gasteiger partial charge in [-0.2, -0.15) is 0 Å². The molecule has 1 unspecified atom stereocenters. The number of halogens is 1. The smallest absolute Gasteiger partial charge is 0.161 e. The molecule has 0 radical (unpaired) electrons. The van der Waals surface area contributed by atoms with Crippen LogP contribution in [0, 0.1) is 0 Å². The van der Waals surface area contributed by atoms with E-state index in [1.54, 1.807) is 7.11 Å². The van der Waals surface area contributed by atoms with Gasteiger partial charge in [-0.15, -0.1) is 0 Å². The van der Waals surface area contributed by atoms with Crippen LogP contribution in [0.25, 0.3) is 0 Å². The first-order chi connectivity index (χ1) is 12.1. The predicted octanol–water partition coefficient (Wildman–Crippen LogP) is 4.27. The van der Waals surface area contributed by atoms with Crippen molar-refractivity contribution in [2.75, 3.05) is 33.4 Å². The van der Waals surface area contributed by atoms with Crippen LogP contribution >= 0.6 is 11.6 Å². The number of benzene rings is 2. The van der Waals surface area contributed by atoms with Crippen LogP contribution in [-0.2, 0) is 0 Å². The van der Waals surface area contributed by atoms with Gasteiger partial charge in [-0.1, -0.05) is 23.7 Å². The Morgan fingerprint density at radius 3 is 2.52 bits per heavy atom. The fourth-order valence-electron chi connectivity index (χ4n) is 3.11. The standard InChI is InChI=1S/C20H24ClNO3/c1-20(25-17-9-7-16(21)8-10-17)11-12-22(15-20)13-14-24-19-6-4-3-5-18(19)23-2/h3-10H,11-15H2,1-2H3. The van der Waals surface area contributed by atoms with E-state index >= 15 is 0 Å². The Bertz CT molecular complexity index is 692. The molecule has 1 aliphatic rings. The third kappa shape index (κ3) is 4.80. The van der Waals surface area contributed by atoms with Crippen molar-refractivity contribution in [2.45, 2.75) is 18.9 Å². The number of ether oxygens (including phenoxy) is 3. The van der Waals surface area contributed by atoms with Gasteiger partial charge in [0.25, 0.3) is 0 Å². The molecule has 1 saturated heterocycles. The minimum absolute atomic E-state index is 0.182. The van der Waals surface area contributed by atoms with Crippen molar-refractivity contribution in [1.29, 1.82) is 0 Å². The average molecular weight is 362 g/mol. The fourth-order valence-corrected chi connectivity index (χ4v) is 3.24. The first kappa shape index (κ1) is 17.9. The second-order valence-corrected chi connectivity index (χ2v) is 6.97. The molecule has 1 fully saturated rings. The number of hydrogen-bond donors (Lipinski definition) is 0. The van der Waals surface area contributed by atoms with Gasteiger partial charge in [0.2, 0.25) is 0 Å². The third-order valence-corrected chi connectivity index (χ3v) is 4.68. The van der Waals surface area contributed by atoms with Crippen molar-refractivity contribution in [1.82, 2.24) is 4.90 Å². The highest BCUT2D eigenvalue weighted by atomic mass is 35.5. The Kier molecular flexibility index (Phi) is 5.71. The van der Waals surface area contributed by atoms with Gasteiger partial charge in [-0.25, -0.2) is 0 Å². The van der Waals surface area contributed by atoms with Crippen molar-refractivity contribution in [3.8, 4) is 17.2 Å². The van der Waals surface area contributed by atoms with E-state index in [1.807, 2.05) is 48.5 Å². The maximum Gasteiger partial charge on any atom is 0.161 e. The molecule has 3 rings (SSSR count). The Labute approximate surface area is 154 Å². The molecular formula is C20H24ClNO3. The Balaban J connectivity index is 1.48. The zero-order valence-electron chi connectivity index (χ0n) is 14.7. The molecular weight excluding hydrogens is 338 g/mol. The Morgan fingerprint density at radius 2 is 1.80 bits per heavy atom. The summed E-state index contributed by atoms with van der Waals surface area (Å²) in [5.41, 5.74) is -0.182. The predicted molar refractivity (Wildman–Crippen MR) is 100 cm³/mol. The van der Waals surface area contributed by atoms with Crippen molar-refractivity contribution >= 4 is 11.6 Å². The van der Waals surface area contributed by atoms with E-state index < -0.39 is 0 Å². The van der Waals surface area contributed by atoms with Gasteiger partial charge >= 0.3 is 0 Å². The van der Waals surface area contributed by atoms with E-state index in [-0.39, 0.29) is 5.60 Å². The molecule has 1 atom stereocenters. The van der Waals surface area contributed by atoms with E-state index in [1.165, 1.54) is 0 Å². The summed E-state index contributed by atoms with van der Waals surface area (Å²) in [6, 6.07) is 15.3. The molecule has 0 saturated carbocycles. The van der Waals surface area contributed by atoms with Crippen molar-refractivity contribution < 1.29 is 14.2 Å². The van der Waals surface area contributed by atoms with Crippen molar-refractivity contribution in [3.05, 3.63) is 53.6 Å². The highest BCUT2D eigenvalue weighted by Gasteiger charge is 2.35. The van der Waals surface area contributed by atoms with E-state index in [4.69, 9.17) is 25.8 Å². The quantitative estimate of drug-likeness (QED) is 0.736. The SMILES string of the molecule is COc1ccccc1OCCN1CCC(C)(Oc2ccc(Cl)cc2)C1. The first-order valence-electron chi connectivity index (χ1n) is 8.51. The van der Waals surface area contributed by atoms with E-state index in [0.29, 0.717) is 6.61 Å². The lowest BCUT2D eigenvalue weighted by Gasteiger charge is -2.26. The second-order valence-electron chi connectivity index (χ2n) is 6.53. The number of rotatable bonds is 7. The largest absolute Gasteiger partial charge is 0.493 e. The monoisotopic (exact) mass is 361 g/mol. The lowest BCUT2D eigenvalue weighted by atomic mass is 10.1. The zero-order chi connectivity index (χ0) is 17.7. The summed E-state index contributed by atoms with van der Waals surface area (Å²) >= 11 is 5.93. The number of nitrogens with zero attached hydrogens (tertiary/aromatic N) is 1. The van der Waals surface area contributed by atoms with E-state index in [0.717, 1.165) is 48.3 Å². The molecule has 0 bridgehead atoms. The number of methoxy groups -OCH3 is 1. The Morgan fingerprint density at radius 1 is 1.08 bits per heavy atom. The maximum atomic E-state index is 6.19. The summed E-state index contributed by atoms with van der Waals surface area (Å²) in [7, 11) is 1.65. The van der Waals surface area contributed by atoms with Gasteiger partial charge in [0.05, 0.1) is 7.11 Å². The topological polar surface area (TPSA) is 30.9 Å². The molecule has 4 nitrogen and oxygen atoms in total. The van der Waals surface area contributed by atoms with Crippen LogP contribution in [0.4, 0.5) is 0 Å². The van der Waals surface area contributed by atoms with Crippen LogP contribution in [0.1, 0.15) is 13.3 Å². The fraction of sp³-hybridized carbons (Fsp3) is 0.400. The van der Waals surface area contributed by atoms with Crippen LogP contribution in [0.15, 0.2) is 48.5 Å². The molecule has 2 aromatic rings. The molecule has 1 heterocycles. The van der Waals surface area contributed by atoms with Gasteiger partial charge in [-0.3, -0.25) is 4.90 Å². The van der Waals surface area contributed by atoms with Crippen LogP contribution in [0.3, 0.4) is 0 Å². The van der Waals surface area contributed by atoms with Crippen LogP contribution in [0.5, 0.6) is 17.2 Å². The number of hydrogen-bond acceptors (Lipinski definition) is 4. The van der Waals surface area contributed by atoms with Crippen LogP contribution in [0.2, 0.25) is 5.02 Å². The van der Waals surface area contributed by atoms with Gasteiger partial charge < -0.3 is 14.2 Å². The highest BCUT2D eigenvalue weighted by Crippen LogP contribution is 2.29. The zero-order valence-corrected chi connectivity index (χ0v) is 15.5.